The minimum atomic E-state index is 0.306. The molecular formula is C15H22O. The van der Waals surface area contributed by atoms with Crippen LogP contribution in [-0.2, 0) is 4.79 Å². The Morgan fingerprint density at radius 2 is 1.62 bits per heavy atom. The zero-order valence-corrected chi connectivity index (χ0v) is 10.0. The van der Waals surface area contributed by atoms with E-state index in [1.807, 2.05) is 0 Å². The third kappa shape index (κ3) is 1.74. The van der Waals surface area contributed by atoms with Gasteiger partial charge in [0.15, 0.2) is 0 Å². The van der Waals surface area contributed by atoms with Crippen molar-refractivity contribution < 1.29 is 4.79 Å². The molecule has 2 bridgehead atoms. The molecule has 3 aliphatic rings. The standard InChI is InChI=1S/C15H22O/c16-15-12-8-9-13(15)14(10-12)11-6-4-2-1-3-5-7-11/h8-9,11-14H,1-7,10H2. The molecule has 88 valence electrons. The second-order valence-electron chi connectivity index (χ2n) is 5.92. The summed E-state index contributed by atoms with van der Waals surface area (Å²) in [6.07, 6.45) is 15.4. The Balaban J connectivity index is 1.68. The van der Waals surface area contributed by atoms with E-state index < -0.39 is 0 Å². The molecule has 0 aromatic rings. The summed E-state index contributed by atoms with van der Waals surface area (Å²) in [4.78, 5) is 11.9. The van der Waals surface area contributed by atoms with Crippen molar-refractivity contribution in [3.63, 3.8) is 0 Å². The molecule has 3 rings (SSSR count). The van der Waals surface area contributed by atoms with E-state index in [1.165, 1.54) is 51.4 Å². The maximum absolute atomic E-state index is 11.9. The van der Waals surface area contributed by atoms with Crippen LogP contribution in [0.2, 0.25) is 0 Å². The topological polar surface area (TPSA) is 17.1 Å². The lowest BCUT2D eigenvalue weighted by Gasteiger charge is -2.29. The largest absolute Gasteiger partial charge is 0.298 e. The van der Waals surface area contributed by atoms with E-state index in [0.717, 1.165) is 5.92 Å². The molecule has 2 saturated carbocycles. The number of Topliss-reactive ketones (excluding diaryl/α,β-unsaturated/α-hetero) is 1. The maximum atomic E-state index is 11.9. The second-order valence-corrected chi connectivity index (χ2v) is 5.92. The lowest BCUT2D eigenvalue weighted by molar-refractivity contribution is -0.121. The fourth-order valence-corrected chi connectivity index (χ4v) is 4.08. The first-order valence-corrected chi connectivity index (χ1v) is 7.08. The highest BCUT2D eigenvalue weighted by molar-refractivity contribution is 5.91. The van der Waals surface area contributed by atoms with Gasteiger partial charge >= 0.3 is 0 Å². The summed E-state index contributed by atoms with van der Waals surface area (Å²) >= 11 is 0. The minimum absolute atomic E-state index is 0.306. The predicted octanol–water partition coefficient (Wildman–Crippen LogP) is 3.74. The number of hydrogen-bond donors (Lipinski definition) is 0. The number of hydrogen-bond acceptors (Lipinski definition) is 1. The number of carbonyl (C=O) groups is 1. The number of fused-ring (bicyclic) bond motifs is 2. The Kier molecular flexibility index (Phi) is 2.87. The Morgan fingerprint density at radius 1 is 0.938 bits per heavy atom. The number of allylic oxidation sites excluding steroid dienone is 2. The lowest BCUT2D eigenvalue weighted by atomic mass is 9.76. The highest BCUT2D eigenvalue weighted by atomic mass is 16.1. The summed E-state index contributed by atoms with van der Waals surface area (Å²) in [5.41, 5.74) is 0. The summed E-state index contributed by atoms with van der Waals surface area (Å²) < 4.78 is 0. The molecule has 0 N–H and O–H groups in total. The van der Waals surface area contributed by atoms with E-state index in [-0.39, 0.29) is 0 Å². The van der Waals surface area contributed by atoms with Crippen LogP contribution >= 0.6 is 0 Å². The van der Waals surface area contributed by atoms with Crippen LogP contribution in [0, 0.1) is 23.7 Å². The minimum Gasteiger partial charge on any atom is -0.298 e. The van der Waals surface area contributed by atoms with Gasteiger partial charge in [-0.05, 0) is 18.3 Å². The van der Waals surface area contributed by atoms with Gasteiger partial charge in [-0.1, -0.05) is 57.1 Å². The van der Waals surface area contributed by atoms with Gasteiger partial charge < -0.3 is 0 Å². The summed E-state index contributed by atoms with van der Waals surface area (Å²) in [6, 6.07) is 0. The molecule has 0 aromatic carbocycles. The molecule has 0 aromatic heterocycles. The highest BCUT2D eigenvalue weighted by Crippen LogP contribution is 2.47. The van der Waals surface area contributed by atoms with Crippen LogP contribution < -0.4 is 0 Å². The molecule has 0 aliphatic heterocycles. The second kappa shape index (κ2) is 4.35. The first kappa shape index (κ1) is 10.6. The van der Waals surface area contributed by atoms with Crippen LogP contribution in [0.4, 0.5) is 0 Å². The molecule has 16 heavy (non-hydrogen) atoms. The highest BCUT2D eigenvalue weighted by Gasteiger charge is 2.45. The molecule has 3 aliphatic carbocycles. The molecule has 1 heteroatoms. The number of rotatable bonds is 1. The van der Waals surface area contributed by atoms with Gasteiger partial charge in [-0.15, -0.1) is 0 Å². The van der Waals surface area contributed by atoms with Crippen molar-refractivity contribution in [3.8, 4) is 0 Å². The summed E-state index contributed by atoms with van der Waals surface area (Å²) in [7, 11) is 0. The fourth-order valence-electron chi connectivity index (χ4n) is 4.08. The molecule has 3 atom stereocenters. The molecule has 0 saturated heterocycles. The van der Waals surface area contributed by atoms with E-state index in [9.17, 15) is 4.79 Å². The van der Waals surface area contributed by atoms with Crippen LogP contribution in [0.1, 0.15) is 51.4 Å². The fraction of sp³-hybridized carbons (Fsp3) is 0.800. The van der Waals surface area contributed by atoms with E-state index >= 15 is 0 Å². The Bertz CT molecular complexity index is 297. The van der Waals surface area contributed by atoms with Crippen molar-refractivity contribution in [2.45, 2.75) is 51.4 Å². The average molecular weight is 218 g/mol. The zero-order chi connectivity index (χ0) is 11.0. The first-order valence-electron chi connectivity index (χ1n) is 7.08. The Hall–Kier alpha value is -0.590. The average Bonchev–Trinajstić information content (AvgIpc) is 2.74. The van der Waals surface area contributed by atoms with Crippen LogP contribution in [0.3, 0.4) is 0 Å². The summed E-state index contributed by atoms with van der Waals surface area (Å²) in [5.74, 6) is 2.71. The number of carbonyl (C=O) groups excluding carboxylic acids is 1. The van der Waals surface area contributed by atoms with Gasteiger partial charge in [0.05, 0.1) is 0 Å². The predicted molar refractivity (Wildman–Crippen MR) is 65.0 cm³/mol. The molecule has 0 spiro atoms. The number of ketones is 1. The Morgan fingerprint density at radius 3 is 2.19 bits per heavy atom. The molecule has 0 radical (unpaired) electrons. The molecular weight excluding hydrogens is 196 g/mol. The van der Waals surface area contributed by atoms with Crippen molar-refractivity contribution in [2.75, 3.05) is 0 Å². The molecule has 3 unspecified atom stereocenters. The van der Waals surface area contributed by atoms with Crippen LogP contribution in [-0.4, -0.2) is 5.78 Å². The van der Waals surface area contributed by atoms with Crippen LogP contribution in [0.25, 0.3) is 0 Å². The molecule has 0 amide bonds. The molecule has 0 heterocycles. The van der Waals surface area contributed by atoms with Crippen molar-refractivity contribution in [1.29, 1.82) is 0 Å². The Labute approximate surface area is 98.3 Å². The van der Waals surface area contributed by atoms with Crippen LogP contribution in [0.5, 0.6) is 0 Å². The normalized spacial score (nSPS) is 40.0. The summed E-state index contributed by atoms with van der Waals surface area (Å²) in [6.45, 7) is 0. The van der Waals surface area contributed by atoms with Crippen LogP contribution in [0.15, 0.2) is 12.2 Å². The van der Waals surface area contributed by atoms with E-state index in [4.69, 9.17) is 0 Å². The van der Waals surface area contributed by atoms with Gasteiger partial charge in [-0.2, -0.15) is 0 Å². The molecule has 1 nitrogen and oxygen atoms in total. The SMILES string of the molecule is O=C1C2C=CC1C(C1CCCCCCC1)C2. The van der Waals surface area contributed by atoms with Gasteiger partial charge in [-0.25, -0.2) is 0 Å². The molecule has 2 fully saturated rings. The first-order chi connectivity index (χ1) is 7.86. The van der Waals surface area contributed by atoms with Crippen molar-refractivity contribution in [3.05, 3.63) is 12.2 Å². The third-order valence-electron chi connectivity index (χ3n) is 4.99. The van der Waals surface area contributed by atoms with Gasteiger partial charge in [0.2, 0.25) is 0 Å². The van der Waals surface area contributed by atoms with E-state index in [1.54, 1.807) is 0 Å². The van der Waals surface area contributed by atoms with Gasteiger partial charge in [-0.3, -0.25) is 4.79 Å². The smallest absolute Gasteiger partial charge is 0.146 e. The third-order valence-corrected chi connectivity index (χ3v) is 4.99. The van der Waals surface area contributed by atoms with E-state index in [0.29, 0.717) is 23.5 Å². The van der Waals surface area contributed by atoms with Gasteiger partial charge in [0, 0.05) is 11.8 Å². The van der Waals surface area contributed by atoms with E-state index in [2.05, 4.69) is 12.2 Å². The quantitative estimate of drug-likeness (QED) is 0.613. The maximum Gasteiger partial charge on any atom is 0.146 e. The van der Waals surface area contributed by atoms with Gasteiger partial charge in [0.1, 0.15) is 5.78 Å². The van der Waals surface area contributed by atoms with Crippen molar-refractivity contribution >= 4 is 5.78 Å². The zero-order valence-electron chi connectivity index (χ0n) is 10.0. The lowest BCUT2D eigenvalue weighted by Crippen LogP contribution is -2.21. The van der Waals surface area contributed by atoms with Crippen molar-refractivity contribution in [1.82, 2.24) is 0 Å². The monoisotopic (exact) mass is 218 g/mol. The van der Waals surface area contributed by atoms with Crippen molar-refractivity contribution in [2.24, 2.45) is 23.7 Å². The summed E-state index contributed by atoms with van der Waals surface area (Å²) in [5, 5.41) is 0. The van der Waals surface area contributed by atoms with Gasteiger partial charge in [0.25, 0.3) is 0 Å².